The molecular formula is C23H34N4O4. The lowest BCUT2D eigenvalue weighted by atomic mass is 9.86. The number of rotatable bonds is 8. The van der Waals surface area contributed by atoms with Gasteiger partial charge in [-0.3, -0.25) is 4.79 Å². The molecule has 0 atom stereocenters. The van der Waals surface area contributed by atoms with E-state index in [1.165, 1.54) is 0 Å². The molecule has 1 aliphatic carbocycles. The summed E-state index contributed by atoms with van der Waals surface area (Å²) in [5.74, 6) is 1.05. The number of aromatic nitrogens is 2. The number of hydrogen-bond acceptors (Lipinski definition) is 7. The maximum absolute atomic E-state index is 12.4. The second-order valence-corrected chi connectivity index (χ2v) is 8.23. The van der Waals surface area contributed by atoms with E-state index >= 15 is 0 Å². The lowest BCUT2D eigenvalue weighted by Gasteiger charge is -2.31. The molecule has 1 N–H and O–H groups in total. The number of methoxy groups -OCH3 is 1. The first kappa shape index (κ1) is 21.8. The Morgan fingerprint density at radius 3 is 2.84 bits per heavy atom. The lowest BCUT2D eigenvalue weighted by molar-refractivity contribution is -0.126. The number of ether oxygens (including phenoxy) is 3. The van der Waals surface area contributed by atoms with Gasteiger partial charge in [0.25, 0.3) is 0 Å². The van der Waals surface area contributed by atoms with Gasteiger partial charge in [0.15, 0.2) is 0 Å². The SMILES string of the molecule is COCCCNC(=O)C1CCC(Oc2cc(N3CCOCC3)cc3ncncc23)CC1.[HH]. The van der Waals surface area contributed by atoms with Crippen LogP contribution in [0.25, 0.3) is 10.9 Å². The van der Waals surface area contributed by atoms with Crippen LogP contribution < -0.4 is 15.0 Å². The normalized spacial score (nSPS) is 21.8. The number of morpholine rings is 1. The number of anilines is 1. The molecule has 2 aliphatic rings. The van der Waals surface area contributed by atoms with Gasteiger partial charge < -0.3 is 24.4 Å². The first-order valence-corrected chi connectivity index (χ1v) is 11.2. The van der Waals surface area contributed by atoms with E-state index < -0.39 is 0 Å². The monoisotopic (exact) mass is 430 g/mol. The molecule has 0 bridgehead atoms. The van der Waals surface area contributed by atoms with Gasteiger partial charge in [-0.2, -0.15) is 0 Å². The maximum Gasteiger partial charge on any atom is 0.223 e. The Kier molecular flexibility index (Phi) is 7.53. The Balaban J connectivity index is 0.00000289. The van der Waals surface area contributed by atoms with Gasteiger partial charge in [-0.25, -0.2) is 9.97 Å². The number of nitrogens with zero attached hydrogens (tertiary/aromatic N) is 3. The van der Waals surface area contributed by atoms with Gasteiger partial charge in [0.2, 0.25) is 5.91 Å². The highest BCUT2D eigenvalue weighted by Gasteiger charge is 2.28. The van der Waals surface area contributed by atoms with Crippen LogP contribution in [0.4, 0.5) is 5.69 Å². The van der Waals surface area contributed by atoms with Gasteiger partial charge in [0.1, 0.15) is 12.1 Å². The Bertz CT molecular complexity index is 870. The van der Waals surface area contributed by atoms with Crippen LogP contribution in [0.15, 0.2) is 24.7 Å². The Labute approximate surface area is 184 Å². The lowest BCUT2D eigenvalue weighted by Crippen LogP contribution is -2.36. The Morgan fingerprint density at radius 1 is 1.26 bits per heavy atom. The third-order valence-electron chi connectivity index (χ3n) is 6.11. The standard InChI is InChI=1S/C23H32N4O4.H2/c1-29-10-2-7-25-23(28)17-3-5-19(6-4-17)31-22-14-18(27-8-11-30-12-9-27)13-21-20(22)15-24-16-26-21;/h13-17,19H,2-12H2,1H3,(H,25,28);1H. The fraction of sp³-hybridized carbons (Fsp3) is 0.609. The molecule has 2 aromatic rings. The molecule has 170 valence electrons. The number of hydrogen-bond donors (Lipinski definition) is 1. The Hall–Kier alpha value is -2.45. The van der Waals surface area contributed by atoms with E-state index in [0.717, 1.165) is 80.7 Å². The van der Waals surface area contributed by atoms with E-state index in [9.17, 15) is 4.79 Å². The molecular weight excluding hydrogens is 396 g/mol. The third-order valence-corrected chi connectivity index (χ3v) is 6.11. The van der Waals surface area contributed by atoms with E-state index in [2.05, 4.69) is 32.3 Å². The number of benzene rings is 1. The quantitative estimate of drug-likeness (QED) is 0.645. The molecule has 31 heavy (non-hydrogen) atoms. The third kappa shape index (κ3) is 5.62. The van der Waals surface area contributed by atoms with E-state index in [1.54, 1.807) is 13.4 Å². The number of carbonyl (C=O) groups is 1. The highest BCUT2D eigenvalue weighted by Crippen LogP contribution is 2.34. The second-order valence-electron chi connectivity index (χ2n) is 8.23. The van der Waals surface area contributed by atoms with Gasteiger partial charge >= 0.3 is 0 Å². The molecule has 1 saturated carbocycles. The van der Waals surface area contributed by atoms with Gasteiger partial charge in [-0.05, 0) is 38.2 Å². The van der Waals surface area contributed by atoms with Crippen LogP contribution in [-0.4, -0.2) is 68.5 Å². The number of fused-ring (bicyclic) bond motifs is 1. The van der Waals surface area contributed by atoms with Crippen LogP contribution in [0.2, 0.25) is 0 Å². The molecule has 8 nitrogen and oxygen atoms in total. The molecule has 1 saturated heterocycles. The van der Waals surface area contributed by atoms with Crippen LogP contribution in [0.1, 0.15) is 33.5 Å². The minimum Gasteiger partial charge on any atom is -0.490 e. The molecule has 1 aromatic heterocycles. The van der Waals surface area contributed by atoms with Crippen molar-refractivity contribution in [2.45, 2.75) is 38.2 Å². The van der Waals surface area contributed by atoms with E-state index in [4.69, 9.17) is 14.2 Å². The highest BCUT2D eigenvalue weighted by atomic mass is 16.5. The van der Waals surface area contributed by atoms with Crippen molar-refractivity contribution in [2.75, 3.05) is 51.5 Å². The zero-order valence-corrected chi connectivity index (χ0v) is 18.2. The molecule has 1 amide bonds. The number of amides is 1. The van der Waals surface area contributed by atoms with Crippen LogP contribution in [0.3, 0.4) is 0 Å². The van der Waals surface area contributed by atoms with Crippen LogP contribution in [0, 0.1) is 5.92 Å². The fourth-order valence-corrected chi connectivity index (χ4v) is 4.33. The van der Waals surface area contributed by atoms with E-state index in [-0.39, 0.29) is 19.4 Å². The minimum absolute atomic E-state index is 0. The molecule has 1 aliphatic heterocycles. The van der Waals surface area contributed by atoms with Crippen molar-refractivity contribution in [3.8, 4) is 5.75 Å². The van der Waals surface area contributed by atoms with Crippen molar-refractivity contribution in [1.29, 1.82) is 0 Å². The summed E-state index contributed by atoms with van der Waals surface area (Å²) in [4.78, 5) is 23.4. The van der Waals surface area contributed by atoms with Gasteiger partial charge in [-0.15, -0.1) is 0 Å². The molecule has 0 radical (unpaired) electrons. The summed E-state index contributed by atoms with van der Waals surface area (Å²) in [7, 11) is 1.68. The number of carbonyl (C=O) groups excluding carboxylic acids is 1. The van der Waals surface area contributed by atoms with Crippen molar-refractivity contribution in [2.24, 2.45) is 5.92 Å². The number of nitrogens with one attached hydrogen (secondary N) is 1. The summed E-state index contributed by atoms with van der Waals surface area (Å²) in [6, 6.07) is 4.20. The molecule has 0 unspecified atom stereocenters. The van der Waals surface area contributed by atoms with Crippen molar-refractivity contribution in [1.82, 2.24) is 15.3 Å². The predicted octanol–water partition coefficient (Wildman–Crippen LogP) is 2.80. The topological polar surface area (TPSA) is 85.8 Å². The first-order chi connectivity index (χ1) is 15.2. The molecule has 4 rings (SSSR count). The summed E-state index contributed by atoms with van der Waals surface area (Å²) in [5.41, 5.74) is 1.99. The van der Waals surface area contributed by atoms with Crippen molar-refractivity contribution >= 4 is 22.5 Å². The van der Waals surface area contributed by atoms with E-state index in [0.29, 0.717) is 13.2 Å². The van der Waals surface area contributed by atoms with Crippen LogP contribution in [-0.2, 0) is 14.3 Å². The largest absolute Gasteiger partial charge is 0.490 e. The zero-order chi connectivity index (χ0) is 21.5. The fourth-order valence-electron chi connectivity index (χ4n) is 4.33. The minimum atomic E-state index is 0. The summed E-state index contributed by atoms with van der Waals surface area (Å²) < 4.78 is 17.0. The smallest absolute Gasteiger partial charge is 0.223 e. The van der Waals surface area contributed by atoms with Crippen molar-refractivity contribution < 1.29 is 20.4 Å². The summed E-state index contributed by atoms with van der Waals surface area (Å²) in [6.45, 7) is 4.53. The average Bonchev–Trinajstić information content (AvgIpc) is 2.82. The van der Waals surface area contributed by atoms with Gasteiger partial charge in [-0.1, -0.05) is 0 Å². The zero-order valence-electron chi connectivity index (χ0n) is 18.2. The maximum atomic E-state index is 12.4. The predicted molar refractivity (Wildman–Crippen MR) is 121 cm³/mol. The second kappa shape index (κ2) is 10.7. The molecule has 0 spiro atoms. The van der Waals surface area contributed by atoms with Crippen LogP contribution in [0.5, 0.6) is 5.75 Å². The Morgan fingerprint density at radius 2 is 2.06 bits per heavy atom. The molecule has 1 aromatic carbocycles. The summed E-state index contributed by atoms with van der Waals surface area (Å²) in [6.07, 6.45) is 7.76. The highest BCUT2D eigenvalue weighted by molar-refractivity contribution is 5.88. The van der Waals surface area contributed by atoms with Crippen molar-refractivity contribution in [3.05, 3.63) is 24.7 Å². The molecule has 2 fully saturated rings. The van der Waals surface area contributed by atoms with Gasteiger partial charge in [0, 0.05) is 58.6 Å². The summed E-state index contributed by atoms with van der Waals surface area (Å²) in [5, 5.41) is 3.96. The summed E-state index contributed by atoms with van der Waals surface area (Å²) >= 11 is 0. The van der Waals surface area contributed by atoms with Crippen LogP contribution >= 0.6 is 0 Å². The molecule has 8 heteroatoms. The van der Waals surface area contributed by atoms with E-state index in [1.807, 2.05) is 6.20 Å². The molecule has 2 heterocycles. The van der Waals surface area contributed by atoms with Crippen molar-refractivity contribution in [3.63, 3.8) is 0 Å². The average molecular weight is 431 g/mol. The first-order valence-electron chi connectivity index (χ1n) is 11.2. The van der Waals surface area contributed by atoms with Gasteiger partial charge in [0.05, 0.1) is 30.2 Å².